The number of esters is 3. The molecule has 0 aromatic heterocycles. The SMILES string of the molecule is COC(=O)C(NC(=O)c1ccccc1)=C(COC(C)=O)COC(C)=O. The predicted molar refractivity (Wildman–Crippen MR) is 86.2 cm³/mol. The van der Waals surface area contributed by atoms with E-state index in [4.69, 9.17) is 9.47 Å². The Morgan fingerprint density at radius 1 is 0.920 bits per heavy atom. The minimum absolute atomic E-state index is 0.0848. The molecule has 8 heteroatoms. The number of benzene rings is 1. The molecule has 0 fully saturated rings. The van der Waals surface area contributed by atoms with Crippen molar-refractivity contribution >= 4 is 23.8 Å². The summed E-state index contributed by atoms with van der Waals surface area (Å²) < 4.78 is 14.4. The lowest BCUT2D eigenvalue weighted by molar-refractivity contribution is -0.142. The first-order chi connectivity index (χ1) is 11.8. The molecule has 1 N–H and O–H groups in total. The van der Waals surface area contributed by atoms with Gasteiger partial charge in [-0.05, 0) is 12.1 Å². The van der Waals surface area contributed by atoms with Crippen LogP contribution in [0, 0.1) is 0 Å². The average molecular weight is 349 g/mol. The number of rotatable bonds is 7. The highest BCUT2D eigenvalue weighted by Crippen LogP contribution is 2.09. The fourth-order valence-electron chi connectivity index (χ4n) is 1.72. The van der Waals surface area contributed by atoms with E-state index in [1.165, 1.54) is 13.8 Å². The van der Waals surface area contributed by atoms with Crippen molar-refractivity contribution in [2.24, 2.45) is 0 Å². The number of nitrogens with one attached hydrogen (secondary N) is 1. The van der Waals surface area contributed by atoms with Crippen molar-refractivity contribution in [2.45, 2.75) is 13.8 Å². The van der Waals surface area contributed by atoms with Crippen LogP contribution in [-0.2, 0) is 28.6 Å². The van der Waals surface area contributed by atoms with Gasteiger partial charge in [0.25, 0.3) is 5.91 Å². The molecule has 0 heterocycles. The fourth-order valence-corrected chi connectivity index (χ4v) is 1.72. The summed E-state index contributed by atoms with van der Waals surface area (Å²) in [6.07, 6.45) is 0. The normalized spacial score (nSPS) is 9.56. The standard InChI is InChI=1S/C17H19NO7/c1-11(19)24-9-14(10-25-12(2)20)15(17(22)23-3)18-16(21)13-7-5-4-6-8-13/h4-8H,9-10H2,1-3H3,(H,18,21). The van der Waals surface area contributed by atoms with Crippen LogP contribution in [0.5, 0.6) is 0 Å². The molecule has 0 atom stereocenters. The molecule has 8 nitrogen and oxygen atoms in total. The number of carbonyl (C=O) groups is 4. The molecule has 0 aliphatic rings. The Balaban J connectivity index is 3.15. The Morgan fingerprint density at radius 3 is 1.88 bits per heavy atom. The molecule has 0 aliphatic heterocycles. The van der Waals surface area contributed by atoms with Crippen LogP contribution in [0.15, 0.2) is 41.6 Å². The maximum Gasteiger partial charge on any atom is 0.354 e. The maximum absolute atomic E-state index is 12.3. The first-order valence-electron chi connectivity index (χ1n) is 7.28. The van der Waals surface area contributed by atoms with E-state index in [9.17, 15) is 19.2 Å². The van der Waals surface area contributed by atoms with Crippen LogP contribution < -0.4 is 5.32 Å². The molecule has 0 saturated carbocycles. The van der Waals surface area contributed by atoms with E-state index in [1.807, 2.05) is 0 Å². The van der Waals surface area contributed by atoms with E-state index in [-0.39, 0.29) is 24.5 Å². The number of hydrogen-bond donors (Lipinski definition) is 1. The van der Waals surface area contributed by atoms with Gasteiger partial charge in [0.05, 0.1) is 7.11 Å². The molecule has 1 rings (SSSR count). The zero-order chi connectivity index (χ0) is 18.8. The van der Waals surface area contributed by atoms with Crippen LogP contribution in [0.4, 0.5) is 0 Å². The van der Waals surface area contributed by atoms with Crippen LogP contribution in [0.2, 0.25) is 0 Å². The Bertz CT molecular complexity index is 659. The van der Waals surface area contributed by atoms with Gasteiger partial charge in [0.2, 0.25) is 0 Å². The quantitative estimate of drug-likeness (QED) is 0.444. The fraction of sp³-hybridized carbons (Fsp3) is 0.294. The Kier molecular flexibility index (Phi) is 7.85. The van der Waals surface area contributed by atoms with E-state index < -0.39 is 23.8 Å². The van der Waals surface area contributed by atoms with Gasteiger partial charge in [-0.1, -0.05) is 18.2 Å². The number of methoxy groups -OCH3 is 1. The van der Waals surface area contributed by atoms with Gasteiger partial charge in [0, 0.05) is 25.0 Å². The van der Waals surface area contributed by atoms with Gasteiger partial charge in [-0.2, -0.15) is 0 Å². The summed E-state index contributed by atoms with van der Waals surface area (Å²) >= 11 is 0. The van der Waals surface area contributed by atoms with Crippen LogP contribution in [0.1, 0.15) is 24.2 Å². The highest BCUT2D eigenvalue weighted by atomic mass is 16.5. The van der Waals surface area contributed by atoms with Gasteiger partial charge in [-0.3, -0.25) is 14.4 Å². The van der Waals surface area contributed by atoms with Crippen LogP contribution in [-0.4, -0.2) is 44.1 Å². The van der Waals surface area contributed by atoms with Crippen molar-refractivity contribution < 1.29 is 33.4 Å². The van der Waals surface area contributed by atoms with Crippen molar-refractivity contribution in [1.29, 1.82) is 0 Å². The monoisotopic (exact) mass is 349 g/mol. The van der Waals surface area contributed by atoms with Gasteiger partial charge in [-0.25, -0.2) is 4.79 Å². The molecular weight excluding hydrogens is 330 g/mol. The Morgan fingerprint density at radius 2 is 1.44 bits per heavy atom. The molecule has 0 bridgehead atoms. The minimum atomic E-state index is -0.862. The topological polar surface area (TPSA) is 108 Å². The third-order valence-electron chi connectivity index (χ3n) is 2.92. The number of hydrogen-bond acceptors (Lipinski definition) is 7. The second kappa shape index (κ2) is 9.86. The van der Waals surface area contributed by atoms with Gasteiger partial charge in [-0.15, -0.1) is 0 Å². The van der Waals surface area contributed by atoms with Gasteiger partial charge >= 0.3 is 17.9 Å². The van der Waals surface area contributed by atoms with E-state index in [0.717, 1.165) is 7.11 Å². The predicted octanol–water partition coefficient (Wildman–Crippen LogP) is 0.970. The zero-order valence-corrected chi connectivity index (χ0v) is 14.2. The molecule has 1 aromatic carbocycles. The third kappa shape index (κ3) is 6.86. The molecule has 1 amide bonds. The molecule has 25 heavy (non-hydrogen) atoms. The molecule has 0 aliphatic carbocycles. The van der Waals surface area contributed by atoms with E-state index in [2.05, 4.69) is 10.1 Å². The lowest BCUT2D eigenvalue weighted by atomic mass is 10.1. The summed E-state index contributed by atoms with van der Waals surface area (Å²) in [6, 6.07) is 8.18. The maximum atomic E-state index is 12.3. The minimum Gasteiger partial charge on any atom is -0.464 e. The van der Waals surface area contributed by atoms with Crippen LogP contribution >= 0.6 is 0 Å². The molecule has 0 spiro atoms. The van der Waals surface area contributed by atoms with Crippen molar-refractivity contribution in [3.8, 4) is 0 Å². The van der Waals surface area contributed by atoms with E-state index in [0.29, 0.717) is 5.56 Å². The molecule has 0 unspecified atom stereocenters. The third-order valence-corrected chi connectivity index (χ3v) is 2.92. The highest BCUT2D eigenvalue weighted by molar-refractivity contribution is 6.01. The van der Waals surface area contributed by atoms with Gasteiger partial charge < -0.3 is 19.5 Å². The highest BCUT2D eigenvalue weighted by Gasteiger charge is 2.21. The van der Waals surface area contributed by atoms with E-state index in [1.54, 1.807) is 30.3 Å². The first kappa shape index (κ1) is 19.9. The summed E-state index contributed by atoms with van der Waals surface area (Å²) in [7, 11) is 1.13. The smallest absolute Gasteiger partial charge is 0.354 e. The largest absolute Gasteiger partial charge is 0.464 e. The number of carbonyl (C=O) groups excluding carboxylic acids is 4. The summed E-state index contributed by atoms with van der Waals surface area (Å²) in [4.78, 5) is 46.4. The van der Waals surface area contributed by atoms with Crippen molar-refractivity contribution in [3.63, 3.8) is 0 Å². The summed E-state index contributed by atoms with van der Waals surface area (Å²) in [6.45, 7) is 1.68. The lowest BCUT2D eigenvalue weighted by Crippen LogP contribution is -2.31. The van der Waals surface area contributed by atoms with Crippen LogP contribution in [0.25, 0.3) is 0 Å². The molecule has 0 saturated heterocycles. The number of amides is 1. The van der Waals surface area contributed by atoms with E-state index >= 15 is 0 Å². The summed E-state index contributed by atoms with van der Waals surface area (Å²) in [5.74, 6) is -2.62. The summed E-state index contributed by atoms with van der Waals surface area (Å²) in [5.41, 5.74) is 0.142. The number of ether oxygens (including phenoxy) is 3. The zero-order valence-electron chi connectivity index (χ0n) is 14.2. The first-order valence-corrected chi connectivity index (χ1v) is 7.28. The van der Waals surface area contributed by atoms with Crippen molar-refractivity contribution in [3.05, 3.63) is 47.2 Å². The molecule has 0 radical (unpaired) electrons. The molecular formula is C17H19NO7. The lowest BCUT2D eigenvalue weighted by Gasteiger charge is -2.15. The average Bonchev–Trinajstić information content (AvgIpc) is 2.59. The molecule has 1 aromatic rings. The van der Waals surface area contributed by atoms with Crippen molar-refractivity contribution in [2.75, 3.05) is 20.3 Å². The van der Waals surface area contributed by atoms with Gasteiger partial charge in [0.1, 0.15) is 18.9 Å². The van der Waals surface area contributed by atoms with Crippen LogP contribution in [0.3, 0.4) is 0 Å². The Hall–Kier alpha value is -3.16. The Labute approximate surface area is 144 Å². The van der Waals surface area contributed by atoms with Crippen molar-refractivity contribution in [1.82, 2.24) is 5.32 Å². The van der Waals surface area contributed by atoms with Gasteiger partial charge in [0.15, 0.2) is 0 Å². The molecule has 134 valence electrons. The summed E-state index contributed by atoms with van der Waals surface area (Å²) in [5, 5.41) is 2.42. The second-order valence-corrected chi connectivity index (χ2v) is 4.85. The second-order valence-electron chi connectivity index (χ2n) is 4.85.